The number of likely N-dealkylation sites (tertiary alicyclic amines) is 2. The average molecular weight is 404 g/mol. The molecule has 2 aliphatic rings. The first kappa shape index (κ1) is 21.8. The third-order valence-electron chi connectivity index (χ3n) is 6.49. The molecule has 29 heavy (non-hydrogen) atoms. The van der Waals surface area contributed by atoms with Gasteiger partial charge in [0.05, 0.1) is 12.3 Å². The molecule has 0 unspecified atom stereocenters. The summed E-state index contributed by atoms with van der Waals surface area (Å²) in [5.41, 5.74) is 0.804. The molecule has 1 aromatic rings. The normalized spacial score (nSPS) is 23.1. The Balaban J connectivity index is 1.48. The number of hydrogen-bond acceptors (Lipinski definition) is 3. The Kier molecular flexibility index (Phi) is 7.64. The molecular weight excluding hydrogens is 369 g/mol. The van der Waals surface area contributed by atoms with Crippen molar-refractivity contribution >= 4 is 11.8 Å². The van der Waals surface area contributed by atoms with Crippen LogP contribution in [0.15, 0.2) is 24.3 Å². The summed E-state index contributed by atoms with van der Waals surface area (Å²) in [6.07, 6.45) is 6.72. The predicted octanol–water partition coefficient (Wildman–Crippen LogP) is 2.94. The summed E-state index contributed by atoms with van der Waals surface area (Å²) in [6.45, 7) is 3.11. The topological polar surface area (TPSA) is 43.9 Å². The highest BCUT2D eigenvalue weighted by Crippen LogP contribution is 2.21. The minimum atomic E-state index is -0.299. The van der Waals surface area contributed by atoms with Gasteiger partial charge in [-0.3, -0.25) is 9.59 Å². The number of amides is 2. The summed E-state index contributed by atoms with van der Waals surface area (Å²) in [6, 6.07) is 6.62. The number of benzene rings is 1. The van der Waals surface area contributed by atoms with Gasteiger partial charge in [-0.1, -0.05) is 18.6 Å². The van der Waals surface area contributed by atoms with Crippen LogP contribution in [0, 0.1) is 11.7 Å². The predicted molar refractivity (Wildman–Crippen MR) is 112 cm³/mol. The molecule has 0 saturated carbocycles. The van der Waals surface area contributed by atoms with E-state index in [4.69, 9.17) is 0 Å². The number of hydrogen-bond donors (Lipinski definition) is 0. The standard InChI is InChI=1S/C23H34FN3O2/c1-25-13-4-3-7-21(25)12-15-26(2)23(29)19-6-5-14-27(17-19)22(28)16-18-8-10-20(24)11-9-18/h8-11,19,21H,3-7,12-17H2,1-2H3/t19-,21-/m1/s1. The van der Waals surface area contributed by atoms with Crippen molar-refractivity contribution in [3.8, 4) is 0 Å². The van der Waals surface area contributed by atoms with E-state index in [2.05, 4.69) is 11.9 Å². The monoisotopic (exact) mass is 403 g/mol. The Labute approximate surface area is 173 Å². The van der Waals surface area contributed by atoms with E-state index in [1.165, 1.54) is 31.4 Å². The molecule has 2 atom stereocenters. The van der Waals surface area contributed by atoms with E-state index in [1.54, 1.807) is 17.0 Å². The van der Waals surface area contributed by atoms with Gasteiger partial charge in [0.2, 0.25) is 11.8 Å². The lowest BCUT2D eigenvalue weighted by Gasteiger charge is -2.36. The van der Waals surface area contributed by atoms with Gasteiger partial charge in [0.25, 0.3) is 0 Å². The van der Waals surface area contributed by atoms with Crippen molar-refractivity contribution in [2.45, 2.75) is 51.0 Å². The second-order valence-electron chi connectivity index (χ2n) is 8.66. The molecule has 0 radical (unpaired) electrons. The maximum Gasteiger partial charge on any atom is 0.227 e. The smallest absolute Gasteiger partial charge is 0.227 e. The van der Waals surface area contributed by atoms with Crippen molar-refractivity contribution in [1.29, 1.82) is 0 Å². The highest BCUT2D eigenvalue weighted by atomic mass is 19.1. The molecule has 160 valence electrons. The fourth-order valence-corrected chi connectivity index (χ4v) is 4.57. The zero-order chi connectivity index (χ0) is 20.8. The van der Waals surface area contributed by atoms with Crippen LogP contribution in [0.2, 0.25) is 0 Å². The Morgan fingerprint density at radius 1 is 1.10 bits per heavy atom. The van der Waals surface area contributed by atoms with E-state index in [9.17, 15) is 14.0 Å². The molecule has 2 aliphatic heterocycles. The Bertz CT molecular complexity index is 694. The molecule has 0 aliphatic carbocycles. The first-order chi connectivity index (χ1) is 13.9. The highest BCUT2D eigenvalue weighted by Gasteiger charge is 2.30. The SMILES string of the molecule is CN(CC[C@H]1CCCCN1C)C(=O)[C@@H]1CCCN(C(=O)Cc2ccc(F)cc2)C1. The summed E-state index contributed by atoms with van der Waals surface area (Å²) in [5.74, 6) is -0.245. The maximum absolute atomic E-state index is 13.1. The molecule has 0 N–H and O–H groups in total. The van der Waals surface area contributed by atoms with Crippen LogP contribution < -0.4 is 0 Å². The van der Waals surface area contributed by atoms with Crippen molar-refractivity contribution in [3.05, 3.63) is 35.6 Å². The zero-order valence-corrected chi connectivity index (χ0v) is 17.8. The molecule has 0 bridgehead atoms. The molecule has 2 heterocycles. The van der Waals surface area contributed by atoms with Crippen molar-refractivity contribution in [1.82, 2.24) is 14.7 Å². The lowest BCUT2D eigenvalue weighted by molar-refractivity contribution is -0.139. The molecular formula is C23H34FN3O2. The van der Waals surface area contributed by atoms with Crippen LogP contribution in [0.3, 0.4) is 0 Å². The first-order valence-corrected chi connectivity index (χ1v) is 10.9. The number of carbonyl (C=O) groups is 2. The summed E-state index contributed by atoms with van der Waals surface area (Å²) < 4.78 is 13.1. The molecule has 2 amide bonds. The van der Waals surface area contributed by atoms with Crippen LogP contribution in [0.1, 0.15) is 44.1 Å². The Morgan fingerprint density at radius 2 is 1.86 bits per heavy atom. The van der Waals surface area contributed by atoms with E-state index in [0.717, 1.165) is 37.9 Å². The number of piperidine rings is 2. The minimum absolute atomic E-state index is 0.0144. The highest BCUT2D eigenvalue weighted by molar-refractivity contribution is 5.82. The van der Waals surface area contributed by atoms with Gasteiger partial charge < -0.3 is 14.7 Å². The van der Waals surface area contributed by atoms with Crippen LogP contribution in [0.5, 0.6) is 0 Å². The molecule has 3 rings (SSSR count). The Morgan fingerprint density at radius 3 is 2.59 bits per heavy atom. The van der Waals surface area contributed by atoms with Crippen molar-refractivity contribution in [2.24, 2.45) is 5.92 Å². The van der Waals surface area contributed by atoms with Crippen LogP contribution in [0.25, 0.3) is 0 Å². The average Bonchev–Trinajstić information content (AvgIpc) is 2.74. The number of rotatable bonds is 6. The summed E-state index contributed by atoms with van der Waals surface area (Å²) >= 11 is 0. The van der Waals surface area contributed by atoms with Gasteiger partial charge >= 0.3 is 0 Å². The molecule has 1 aromatic carbocycles. The number of carbonyl (C=O) groups excluding carboxylic acids is 2. The first-order valence-electron chi connectivity index (χ1n) is 10.9. The van der Waals surface area contributed by atoms with Gasteiger partial charge in [-0.15, -0.1) is 0 Å². The molecule has 0 spiro atoms. The largest absolute Gasteiger partial charge is 0.345 e. The van der Waals surface area contributed by atoms with Gasteiger partial charge in [-0.2, -0.15) is 0 Å². The molecule has 0 aromatic heterocycles. The fourth-order valence-electron chi connectivity index (χ4n) is 4.57. The summed E-state index contributed by atoms with van der Waals surface area (Å²) in [5, 5.41) is 0. The fraction of sp³-hybridized carbons (Fsp3) is 0.652. The van der Waals surface area contributed by atoms with Crippen LogP contribution in [0.4, 0.5) is 4.39 Å². The van der Waals surface area contributed by atoms with Crippen molar-refractivity contribution < 1.29 is 14.0 Å². The lowest BCUT2D eigenvalue weighted by Crippen LogP contribution is -2.47. The molecule has 5 nitrogen and oxygen atoms in total. The van der Waals surface area contributed by atoms with Gasteiger partial charge in [-0.25, -0.2) is 4.39 Å². The van der Waals surface area contributed by atoms with Crippen LogP contribution in [-0.4, -0.2) is 72.8 Å². The van der Waals surface area contributed by atoms with Gasteiger partial charge in [0, 0.05) is 32.7 Å². The van der Waals surface area contributed by atoms with E-state index in [0.29, 0.717) is 19.1 Å². The van der Waals surface area contributed by atoms with Crippen molar-refractivity contribution in [2.75, 3.05) is 40.3 Å². The minimum Gasteiger partial charge on any atom is -0.345 e. The van der Waals surface area contributed by atoms with Gasteiger partial charge in [-0.05, 0) is 63.4 Å². The number of halogens is 1. The molecule has 2 saturated heterocycles. The second kappa shape index (κ2) is 10.2. The molecule has 2 fully saturated rings. The lowest BCUT2D eigenvalue weighted by atomic mass is 9.95. The maximum atomic E-state index is 13.1. The van der Waals surface area contributed by atoms with Crippen LogP contribution >= 0.6 is 0 Å². The third kappa shape index (κ3) is 6.01. The Hall–Kier alpha value is -1.95. The van der Waals surface area contributed by atoms with E-state index in [-0.39, 0.29) is 30.0 Å². The van der Waals surface area contributed by atoms with E-state index >= 15 is 0 Å². The van der Waals surface area contributed by atoms with E-state index in [1.807, 2.05) is 11.9 Å². The van der Waals surface area contributed by atoms with Crippen molar-refractivity contribution in [3.63, 3.8) is 0 Å². The quantitative estimate of drug-likeness (QED) is 0.734. The summed E-state index contributed by atoms with van der Waals surface area (Å²) in [4.78, 5) is 31.7. The third-order valence-corrected chi connectivity index (χ3v) is 6.49. The van der Waals surface area contributed by atoms with E-state index < -0.39 is 0 Å². The van der Waals surface area contributed by atoms with Gasteiger partial charge in [0.1, 0.15) is 5.82 Å². The molecule has 6 heteroatoms. The van der Waals surface area contributed by atoms with Crippen LogP contribution in [-0.2, 0) is 16.0 Å². The second-order valence-corrected chi connectivity index (χ2v) is 8.66. The summed E-state index contributed by atoms with van der Waals surface area (Å²) in [7, 11) is 4.07. The number of nitrogens with zero attached hydrogens (tertiary/aromatic N) is 3. The zero-order valence-electron chi connectivity index (χ0n) is 17.8. The van der Waals surface area contributed by atoms with Gasteiger partial charge in [0.15, 0.2) is 0 Å².